The van der Waals surface area contributed by atoms with Crippen LogP contribution in [0.4, 0.5) is 0 Å². The van der Waals surface area contributed by atoms with E-state index in [9.17, 15) is 18.0 Å². The van der Waals surface area contributed by atoms with Crippen molar-refractivity contribution in [1.29, 1.82) is 0 Å². The Kier molecular flexibility index (Phi) is 4.82. The van der Waals surface area contributed by atoms with E-state index in [1.54, 1.807) is 18.2 Å². The molecule has 1 aliphatic heterocycles. The van der Waals surface area contributed by atoms with Crippen LogP contribution in [0, 0.1) is 13.8 Å². The summed E-state index contributed by atoms with van der Waals surface area (Å²) < 4.78 is 35.1. The van der Waals surface area contributed by atoms with Gasteiger partial charge in [-0.15, -0.1) is 0 Å². The summed E-state index contributed by atoms with van der Waals surface area (Å²) in [5.41, 5.74) is 1.74. The predicted octanol–water partition coefficient (Wildman–Crippen LogP) is 2.83. The van der Waals surface area contributed by atoms with Crippen molar-refractivity contribution in [1.82, 2.24) is 4.90 Å². The molecule has 1 aromatic carbocycles. The zero-order valence-electron chi connectivity index (χ0n) is 16.2. The van der Waals surface area contributed by atoms with Gasteiger partial charge in [0.1, 0.15) is 11.3 Å². The molecule has 4 rings (SSSR count). The standard InChI is InChI=1S/C21H21NO6S/c1-13-8-14(2)20-17(9-13)18(23)10-19(28-20)21(24)22(11-16-4-3-6-27-16)15-5-7-29(25,26)12-15/h3-4,6,8-10,15H,5,7,11-12H2,1-2H3. The molecule has 1 aliphatic rings. The fourth-order valence-electron chi connectivity index (χ4n) is 3.81. The van der Waals surface area contributed by atoms with Gasteiger partial charge in [-0.05, 0) is 49.6 Å². The van der Waals surface area contributed by atoms with E-state index in [2.05, 4.69) is 0 Å². The van der Waals surface area contributed by atoms with E-state index in [4.69, 9.17) is 8.83 Å². The molecule has 0 aliphatic carbocycles. The van der Waals surface area contributed by atoms with Crippen molar-refractivity contribution < 1.29 is 22.0 Å². The minimum Gasteiger partial charge on any atom is -0.467 e. The highest BCUT2D eigenvalue weighted by Gasteiger charge is 2.36. The minimum absolute atomic E-state index is 0.0274. The molecule has 1 unspecified atom stereocenters. The van der Waals surface area contributed by atoms with Crippen LogP contribution in [0.15, 0.2) is 50.2 Å². The van der Waals surface area contributed by atoms with Crippen LogP contribution in [-0.4, -0.2) is 36.8 Å². The molecule has 1 amide bonds. The summed E-state index contributed by atoms with van der Waals surface area (Å²) in [5.74, 6) is -0.194. The van der Waals surface area contributed by atoms with Gasteiger partial charge in [-0.25, -0.2) is 8.42 Å². The molecule has 7 nitrogen and oxygen atoms in total. The van der Waals surface area contributed by atoms with E-state index in [1.807, 2.05) is 19.9 Å². The molecular formula is C21H21NO6S. The number of amides is 1. The highest BCUT2D eigenvalue weighted by Crippen LogP contribution is 2.24. The number of carbonyl (C=O) groups is 1. The Morgan fingerprint density at radius 3 is 2.69 bits per heavy atom. The van der Waals surface area contributed by atoms with Crippen LogP contribution in [0.2, 0.25) is 0 Å². The molecule has 0 bridgehead atoms. The topological polar surface area (TPSA) is 97.8 Å². The second-order valence-electron chi connectivity index (χ2n) is 7.50. The lowest BCUT2D eigenvalue weighted by molar-refractivity contribution is 0.0634. The van der Waals surface area contributed by atoms with Gasteiger partial charge in [0, 0.05) is 12.1 Å². The van der Waals surface area contributed by atoms with Crippen LogP contribution in [-0.2, 0) is 16.4 Å². The normalized spacial score (nSPS) is 18.2. The Balaban J connectivity index is 1.77. The first-order valence-electron chi connectivity index (χ1n) is 9.32. The zero-order chi connectivity index (χ0) is 20.8. The highest BCUT2D eigenvalue weighted by molar-refractivity contribution is 7.91. The van der Waals surface area contributed by atoms with Crippen molar-refractivity contribution in [3.63, 3.8) is 0 Å². The molecule has 3 heterocycles. The predicted molar refractivity (Wildman–Crippen MR) is 108 cm³/mol. The van der Waals surface area contributed by atoms with Gasteiger partial charge in [0.15, 0.2) is 21.0 Å². The molecular weight excluding hydrogens is 394 g/mol. The van der Waals surface area contributed by atoms with Crippen LogP contribution < -0.4 is 5.43 Å². The molecule has 152 valence electrons. The third-order valence-electron chi connectivity index (χ3n) is 5.19. The number of nitrogens with zero attached hydrogens (tertiary/aromatic N) is 1. The van der Waals surface area contributed by atoms with Crippen LogP contribution in [0.5, 0.6) is 0 Å². The van der Waals surface area contributed by atoms with Crippen LogP contribution in [0.25, 0.3) is 11.0 Å². The number of carbonyl (C=O) groups excluding carboxylic acids is 1. The third-order valence-corrected chi connectivity index (χ3v) is 6.94. The molecule has 0 N–H and O–H groups in total. The highest BCUT2D eigenvalue weighted by atomic mass is 32.2. The minimum atomic E-state index is -3.21. The van der Waals surface area contributed by atoms with Crippen molar-refractivity contribution in [3.05, 3.63) is 69.5 Å². The van der Waals surface area contributed by atoms with Crippen LogP contribution in [0.1, 0.15) is 33.9 Å². The van der Waals surface area contributed by atoms with Crippen LogP contribution in [0.3, 0.4) is 0 Å². The Morgan fingerprint density at radius 2 is 2.03 bits per heavy atom. The number of fused-ring (bicyclic) bond motifs is 1. The van der Waals surface area contributed by atoms with Gasteiger partial charge in [-0.2, -0.15) is 0 Å². The number of hydrogen-bond donors (Lipinski definition) is 0. The van der Waals surface area contributed by atoms with E-state index < -0.39 is 21.8 Å². The van der Waals surface area contributed by atoms with Gasteiger partial charge in [0.05, 0.1) is 29.7 Å². The number of benzene rings is 1. The molecule has 1 fully saturated rings. The van der Waals surface area contributed by atoms with Gasteiger partial charge in [-0.1, -0.05) is 6.07 Å². The van der Waals surface area contributed by atoms with E-state index in [0.717, 1.165) is 11.1 Å². The summed E-state index contributed by atoms with van der Waals surface area (Å²) in [6, 6.07) is 7.70. The molecule has 8 heteroatoms. The summed E-state index contributed by atoms with van der Waals surface area (Å²) in [5, 5.41) is 0.417. The van der Waals surface area contributed by atoms with Gasteiger partial charge in [0.2, 0.25) is 0 Å². The smallest absolute Gasteiger partial charge is 0.290 e. The van der Waals surface area contributed by atoms with Crippen LogP contribution >= 0.6 is 0 Å². The van der Waals surface area contributed by atoms with E-state index in [0.29, 0.717) is 23.2 Å². The summed E-state index contributed by atoms with van der Waals surface area (Å²) in [6.07, 6.45) is 1.83. The molecule has 2 aromatic heterocycles. The Hall–Kier alpha value is -2.87. The lowest BCUT2D eigenvalue weighted by Gasteiger charge is -2.27. The fraction of sp³-hybridized carbons (Fsp3) is 0.333. The first-order valence-corrected chi connectivity index (χ1v) is 11.1. The molecule has 0 saturated carbocycles. The van der Waals surface area contributed by atoms with Crippen molar-refractivity contribution >= 4 is 26.7 Å². The molecule has 0 radical (unpaired) electrons. The second kappa shape index (κ2) is 7.18. The van der Waals surface area contributed by atoms with Gasteiger partial charge < -0.3 is 13.7 Å². The average Bonchev–Trinajstić information content (AvgIpc) is 3.29. The molecule has 1 saturated heterocycles. The van der Waals surface area contributed by atoms with Crippen molar-refractivity contribution in [3.8, 4) is 0 Å². The number of aryl methyl sites for hydroxylation is 2. The first kappa shape index (κ1) is 19.4. The average molecular weight is 415 g/mol. The third kappa shape index (κ3) is 3.85. The number of sulfone groups is 1. The number of rotatable bonds is 4. The number of hydrogen-bond acceptors (Lipinski definition) is 6. The lowest BCUT2D eigenvalue weighted by Crippen LogP contribution is -2.40. The molecule has 1 atom stereocenters. The maximum atomic E-state index is 13.3. The Bertz CT molecular complexity index is 1240. The lowest BCUT2D eigenvalue weighted by atomic mass is 10.1. The van der Waals surface area contributed by atoms with E-state index >= 15 is 0 Å². The summed E-state index contributed by atoms with van der Waals surface area (Å²) >= 11 is 0. The molecule has 29 heavy (non-hydrogen) atoms. The number of furan rings is 1. The molecule has 3 aromatic rings. The summed E-state index contributed by atoms with van der Waals surface area (Å²) in [6.45, 7) is 3.80. The van der Waals surface area contributed by atoms with Gasteiger partial charge in [0.25, 0.3) is 5.91 Å². The van der Waals surface area contributed by atoms with E-state index in [-0.39, 0.29) is 29.2 Å². The van der Waals surface area contributed by atoms with Crippen molar-refractivity contribution in [2.75, 3.05) is 11.5 Å². The van der Waals surface area contributed by atoms with Crippen molar-refractivity contribution in [2.24, 2.45) is 0 Å². The maximum absolute atomic E-state index is 13.3. The Morgan fingerprint density at radius 1 is 1.24 bits per heavy atom. The Labute approximate surface area is 167 Å². The SMILES string of the molecule is Cc1cc(C)c2oc(C(=O)N(Cc3ccco3)C3CCS(=O)(=O)C3)cc(=O)c2c1. The zero-order valence-corrected chi connectivity index (χ0v) is 17.0. The van der Waals surface area contributed by atoms with Gasteiger partial charge >= 0.3 is 0 Å². The monoisotopic (exact) mass is 415 g/mol. The first-order chi connectivity index (χ1) is 13.7. The maximum Gasteiger partial charge on any atom is 0.290 e. The quantitative estimate of drug-likeness (QED) is 0.650. The molecule has 0 spiro atoms. The summed E-state index contributed by atoms with van der Waals surface area (Å²) in [7, 11) is -3.21. The largest absolute Gasteiger partial charge is 0.467 e. The van der Waals surface area contributed by atoms with E-state index in [1.165, 1.54) is 17.2 Å². The summed E-state index contributed by atoms with van der Waals surface area (Å²) in [4.78, 5) is 27.4. The second-order valence-corrected chi connectivity index (χ2v) is 9.73. The van der Waals surface area contributed by atoms with Gasteiger partial charge in [-0.3, -0.25) is 9.59 Å². The fourth-order valence-corrected chi connectivity index (χ4v) is 5.55. The van der Waals surface area contributed by atoms with Crippen molar-refractivity contribution in [2.45, 2.75) is 32.9 Å².